The van der Waals surface area contributed by atoms with Gasteiger partial charge in [0.05, 0.1) is 49.8 Å². The van der Waals surface area contributed by atoms with Crippen molar-refractivity contribution in [1.82, 2.24) is 9.97 Å². The zero-order valence-corrected chi connectivity index (χ0v) is 17.6. The topological polar surface area (TPSA) is 83.5 Å². The van der Waals surface area contributed by atoms with E-state index in [1.54, 1.807) is 0 Å². The third-order valence-electron chi connectivity index (χ3n) is 5.71. The van der Waals surface area contributed by atoms with Gasteiger partial charge < -0.3 is 14.5 Å². The van der Waals surface area contributed by atoms with Crippen LogP contribution in [0, 0.1) is 11.3 Å². The van der Waals surface area contributed by atoms with Gasteiger partial charge in [-0.15, -0.1) is 0 Å². The molecule has 1 aliphatic heterocycles. The number of fused-ring (bicyclic) bond motifs is 1. The van der Waals surface area contributed by atoms with Gasteiger partial charge in [0.1, 0.15) is 12.3 Å². The van der Waals surface area contributed by atoms with Gasteiger partial charge in [0.25, 0.3) is 0 Å². The number of nitriles is 1. The predicted octanol–water partition coefficient (Wildman–Crippen LogP) is 1.71. The van der Waals surface area contributed by atoms with E-state index in [-0.39, 0.29) is 6.61 Å². The summed E-state index contributed by atoms with van der Waals surface area (Å²) in [7, 11) is 0. The molecular weight excluding hydrogens is 390 g/mol. The number of hydrogen-bond acceptors (Lipinski definition) is 6. The van der Waals surface area contributed by atoms with Gasteiger partial charge in [-0.1, -0.05) is 42.5 Å². The molecule has 0 unspecified atom stereocenters. The number of nitrogens with zero attached hydrogens (tertiary/aromatic N) is 4. The molecule has 0 amide bonds. The largest absolute Gasteiger partial charge is 0.460 e. The number of anilines is 1. The Morgan fingerprint density at radius 2 is 1.74 bits per heavy atom. The number of benzene rings is 2. The Labute approximate surface area is 181 Å². The first kappa shape index (κ1) is 20.8. The van der Waals surface area contributed by atoms with Crippen LogP contribution in [0.2, 0.25) is 0 Å². The molecule has 0 aliphatic carbocycles. The summed E-state index contributed by atoms with van der Waals surface area (Å²) < 4.78 is 5.47. The number of rotatable bonds is 6. The Balaban J connectivity index is 1.65. The third kappa shape index (κ3) is 4.65. The first-order valence-corrected chi connectivity index (χ1v) is 10.6. The van der Waals surface area contributed by atoms with Gasteiger partial charge in [-0.3, -0.25) is 4.79 Å². The number of likely N-dealkylation sites (N-methyl/N-ethyl adjacent to an activating group) is 1. The molecule has 1 saturated heterocycles. The lowest BCUT2D eigenvalue weighted by molar-refractivity contribution is -0.898. The summed E-state index contributed by atoms with van der Waals surface area (Å²) in [5, 5.41) is 9.88. The molecule has 0 saturated carbocycles. The maximum absolute atomic E-state index is 12.9. The molecule has 0 bridgehead atoms. The van der Waals surface area contributed by atoms with E-state index in [2.05, 4.69) is 17.9 Å². The fourth-order valence-electron chi connectivity index (χ4n) is 3.86. The van der Waals surface area contributed by atoms with E-state index >= 15 is 0 Å². The van der Waals surface area contributed by atoms with Gasteiger partial charge >= 0.3 is 5.97 Å². The van der Waals surface area contributed by atoms with Gasteiger partial charge in [0.2, 0.25) is 0 Å². The van der Waals surface area contributed by atoms with Crippen molar-refractivity contribution in [3.63, 3.8) is 0 Å². The minimum atomic E-state index is -1.13. The summed E-state index contributed by atoms with van der Waals surface area (Å²) in [6.45, 7) is 6.96. The van der Waals surface area contributed by atoms with Crippen LogP contribution < -0.4 is 9.80 Å². The molecule has 0 radical (unpaired) electrons. The second kappa shape index (κ2) is 9.54. The summed E-state index contributed by atoms with van der Waals surface area (Å²) in [6, 6.07) is 19.1. The Morgan fingerprint density at radius 1 is 1.10 bits per heavy atom. The number of piperazine rings is 1. The fraction of sp³-hybridized carbons (Fsp3) is 0.333. The van der Waals surface area contributed by atoms with Gasteiger partial charge in [-0.05, 0) is 24.6 Å². The van der Waals surface area contributed by atoms with Gasteiger partial charge in [-0.25, -0.2) is 9.97 Å². The van der Waals surface area contributed by atoms with Crippen LogP contribution in [0.1, 0.15) is 24.1 Å². The Kier molecular flexibility index (Phi) is 6.39. The number of esters is 1. The van der Waals surface area contributed by atoms with Crippen molar-refractivity contribution in [2.45, 2.75) is 19.4 Å². The molecule has 158 valence electrons. The van der Waals surface area contributed by atoms with E-state index < -0.39 is 11.9 Å². The van der Waals surface area contributed by atoms with Crippen molar-refractivity contribution in [2.75, 3.05) is 37.6 Å². The number of hydrogen-bond donors (Lipinski definition) is 1. The third-order valence-corrected chi connectivity index (χ3v) is 5.71. The SMILES string of the molecule is CC[NH+]1CCN(c2nc3ccccc3nc2[C@@H](C#N)C(=O)OCc2ccccc2)CC1. The first-order valence-electron chi connectivity index (χ1n) is 10.6. The van der Waals surface area contributed by atoms with E-state index in [4.69, 9.17) is 14.7 Å². The average molecular weight is 417 g/mol. The standard InChI is InChI=1S/C24H25N5O2/c1-2-28-12-14-29(15-13-28)23-22(26-20-10-6-7-11-21(20)27-23)19(16-25)24(30)31-17-18-8-4-3-5-9-18/h3-11,19H,2,12-15,17H2,1H3/p+1/t19-/m1/s1. The van der Waals surface area contributed by atoms with Crippen LogP contribution in [0.25, 0.3) is 11.0 Å². The predicted molar refractivity (Wildman–Crippen MR) is 118 cm³/mol. The molecule has 2 aromatic carbocycles. The molecular formula is C24H26N5O2+. The quantitative estimate of drug-likeness (QED) is 0.616. The highest BCUT2D eigenvalue weighted by Crippen LogP contribution is 2.28. The van der Waals surface area contributed by atoms with Crippen LogP contribution in [0.4, 0.5) is 5.82 Å². The lowest BCUT2D eigenvalue weighted by Crippen LogP contribution is -3.14. The van der Waals surface area contributed by atoms with Crippen molar-refractivity contribution >= 4 is 22.8 Å². The molecule has 31 heavy (non-hydrogen) atoms. The highest BCUT2D eigenvalue weighted by Gasteiger charge is 2.31. The normalized spacial score (nSPS) is 15.4. The van der Waals surface area contributed by atoms with E-state index in [9.17, 15) is 10.1 Å². The zero-order valence-electron chi connectivity index (χ0n) is 17.6. The summed E-state index contributed by atoms with van der Waals surface area (Å²) >= 11 is 0. The summed E-state index contributed by atoms with van der Waals surface area (Å²) in [5.41, 5.74) is 2.66. The number of carbonyl (C=O) groups excluding carboxylic acids is 1. The van der Waals surface area contributed by atoms with Crippen molar-refractivity contribution in [1.29, 1.82) is 5.26 Å². The maximum atomic E-state index is 12.9. The minimum absolute atomic E-state index is 0.118. The highest BCUT2D eigenvalue weighted by molar-refractivity contribution is 5.85. The molecule has 2 heterocycles. The number of quaternary nitrogens is 1. The molecule has 1 N–H and O–H groups in total. The van der Waals surface area contributed by atoms with E-state index in [1.807, 2.05) is 54.6 Å². The number of ether oxygens (including phenoxy) is 1. The van der Waals surface area contributed by atoms with Gasteiger partial charge in [-0.2, -0.15) is 5.26 Å². The van der Waals surface area contributed by atoms with Crippen molar-refractivity contribution < 1.29 is 14.4 Å². The first-order chi connectivity index (χ1) is 15.2. The number of aromatic nitrogens is 2. The lowest BCUT2D eigenvalue weighted by Gasteiger charge is -2.33. The van der Waals surface area contributed by atoms with E-state index in [1.165, 1.54) is 4.90 Å². The molecule has 3 aromatic rings. The average Bonchev–Trinajstić information content (AvgIpc) is 2.83. The second-order valence-electron chi connectivity index (χ2n) is 7.67. The monoisotopic (exact) mass is 416 g/mol. The molecule has 0 spiro atoms. The summed E-state index contributed by atoms with van der Waals surface area (Å²) in [6.07, 6.45) is 0. The second-order valence-corrected chi connectivity index (χ2v) is 7.67. The van der Waals surface area contributed by atoms with E-state index in [0.29, 0.717) is 17.0 Å². The molecule has 1 aromatic heterocycles. The van der Waals surface area contributed by atoms with Crippen LogP contribution in [0.5, 0.6) is 0 Å². The van der Waals surface area contributed by atoms with Crippen molar-refractivity contribution in [2.24, 2.45) is 0 Å². The Bertz CT molecular complexity index is 1090. The van der Waals surface area contributed by atoms with Gasteiger partial charge in [0, 0.05) is 0 Å². The lowest BCUT2D eigenvalue weighted by atomic mass is 10.1. The van der Waals surface area contributed by atoms with Crippen LogP contribution in [0.3, 0.4) is 0 Å². The Hall–Kier alpha value is -3.50. The summed E-state index contributed by atoms with van der Waals surface area (Å²) in [5.74, 6) is -1.13. The number of carbonyl (C=O) groups is 1. The van der Waals surface area contributed by atoms with Gasteiger partial charge in [0.15, 0.2) is 11.7 Å². The molecule has 4 rings (SSSR count). The van der Waals surface area contributed by atoms with Crippen LogP contribution in [0.15, 0.2) is 54.6 Å². The van der Waals surface area contributed by atoms with Crippen molar-refractivity contribution in [3.8, 4) is 6.07 Å². The smallest absolute Gasteiger partial charge is 0.330 e. The highest BCUT2D eigenvalue weighted by atomic mass is 16.5. The summed E-state index contributed by atoms with van der Waals surface area (Å²) in [4.78, 5) is 26.1. The zero-order chi connectivity index (χ0) is 21.6. The van der Waals surface area contributed by atoms with Crippen molar-refractivity contribution in [3.05, 3.63) is 65.9 Å². The molecule has 1 aliphatic rings. The maximum Gasteiger partial charge on any atom is 0.330 e. The minimum Gasteiger partial charge on any atom is -0.460 e. The Morgan fingerprint density at radius 3 is 2.39 bits per heavy atom. The molecule has 7 heteroatoms. The molecule has 1 atom stereocenters. The van der Waals surface area contributed by atoms with Crippen LogP contribution in [-0.2, 0) is 16.1 Å². The molecule has 1 fully saturated rings. The van der Waals surface area contributed by atoms with Crippen LogP contribution >= 0.6 is 0 Å². The van der Waals surface area contributed by atoms with E-state index in [0.717, 1.165) is 43.8 Å². The molecule has 7 nitrogen and oxygen atoms in total. The fourth-order valence-corrected chi connectivity index (χ4v) is 3.86. The number of nitrogens with one attached hydrogen (secondary N) is 1. The number of para-hydroxylation sites is 2. The van der Waals surface area contributed by atoms with Crippen LogP contribution in [-0.4, -0.2) is 48.7 Å².